The van der Waals surface area contributed by atoms with E-state index in [9.17, 15) is 18.6 Å². The molecular formula is C18H29NO4S. The summed E-state index contributed by atoms with van der Waals surface area (Å²) < 4.78 is 22.9. The Kier molecular flexibility index (Phi) is 6.66. The summed E-state index contributed by atoms with van der Waals surface area (Å²) in [6, 6.07) is 4.70. The Morgan fingerprint density at radius 1 is 1.33 bits per heavy atom. The first-order valence-electron chi connectivity index (χ1n) is 8.71. The minimum atomic E-state index is -3.24. The van der Waals surface area contributed by atoms with E-state index in [4.69, 9.17) is 0 Å². The van der Waals surface area contributed by atoms with E-state index in [1.165, 1.54) is 25.3 Å². The number of rotatable bonds is 7. The molecule has 1 aromatic carbocycles. The molecule has 5 nitrogen and oxygen atoms in total. The molecule has 6 heteroatoms. The number of sulfone groups is 1. The van der Waals surface area contributed by atoms with E-state index in [0.29, 0.717) is 17.0 Å². The van der Waals surface area contributed by atoms with Crippen LogP contribution < -0.4 is 5.32 Å². The van der Waals surface area contributed by atoms with Gasteiger partial charge in [0.2, 0.25) is 0 Å². The highest BCUT2D eigenvalue weighted by molar-refractivity contribution is 7.89. The van der Waals surface area contributed by atoms with Crippen LogP contribution in [0.1, 0.15) is 56.3 Å². The summed E-state index contributed by atoms with van der Waals surface area (Å²) in [5.41, 5.74) is 0.988. The maximum absolute atomic E-state index is 11.5. The molecule has 0 aliphatic carbocycles. The average Bonchev–Trinajstić information content (AvgIpc) is 2.53. The number of phenolic OH excluding ortho intramolecular Hbond substituents is 1. The maximum atomic E-state index is 11.5. The van der Waals surface area contributed by atoms with Gasteiger partial charge in [-0.1, -0.05) is 25.8 Å². The van der Waals surface area contributed by atoms with Gasteiger partial charge in [-0.3, -0.25) is 0 Å². The van der Waals surface area contributed by atoms with Crippen LogP contribution in [0.25, 0.3) is 0 Å². The second-order valence-corrected chi connectivity index (χ2v) is 9.14. The van der Waals surface area contributed by atoms with E-state index in [1.807, 2.05) is 0 Å². The zero-order chi connectivity index (χ0) is 17.7. The Labute approximate surface area is 145 Å². The van der Waals surface area contributed by atoms with Crippen LogP contribution in [0.2, 0.25) is 0 Å². The lowest BCUT2D eigenvalue weighted by atomic mass is 9.87. The summed E-state index contributed by atoms with van der Waals surface area (Å²) in [6.07, 6.45) is 6.11. The molecule has 1 aromatic rings. The molecule has 24 heavy (non-hydrogen) atoms. The Bertz CT molecular complexity index is 636. The van der Waals surface area contributed by atoms with Crippen molar-refractivity contribution in [3.05, 3.63) is 29.3 Å². The summed E-state index contributed by atoms with van der Waals surface area (Å²) in [4.78, 5) is 0. The van der Waals surface area contributed by atoms with E-state index >= 15 is 0 Å². The number of hydrogen-bond donors (Lipinski definition) is 3. The van der Waals surface area contributed by atoms with Gasteiger partial charge in [-0.25, -0.2) is 8.42 Å². The highest BCUT2D eigenvalue weighted by Crippen LogP contribution is 2.30. The van der Waals surface area contributed by atoms with Gasteiger partial charge in [-0.2, -0.15) is 0 Å². The fraction of sp³-hybridized carbons (Fsp3) is 0.667. The Morgan fingerprint density at radius 3 is 2.67 bits per heavy atom. The average molecular weight is 356 g/mol. The molecule has 0 saturated carbocycles. The van der Waals surface area contributed by atoms with Crippen molar-refractivity contribution in [3.8, 4) is 5.75 Å². The fourth-order valence-corrected chi connectivity index (χ4v) is 4.16. The van der Waals surface area contributed by atoms with Gasteiger partial charge in [0.25, 0.3) is 0 Å². The van der Waals surface area contributed by atoms with Gasteiger partial charge in [-0.15, -0.1) is 0 Å². The van der Waals surface area contributed by atoms with Crippen LogP contribution in [0.15, 0.2) is 18.2 Å². The van der Waals surface area contributed by atoms with Crippen LogP contribution in [0.5, 0.6) is 5.75 Å². The summed E-state index contributed by atoms with van der Waals surface area (Å²) >= 11 is 0. The number of aliphatic hydroxyl groups excluding tert-OH is 1. The van der Waals surface area contributed by atoms with Crippen molar-refractivity contribution < 1.29 is 18.6 Å². The van der Waals surface area contributed by atoms with Crippen molar-refractivity contribution in [2.24, 2.45) is 5.92 Å². The standard InChI is InChI=1S/C18H29NO4S/c1-3-4-5-13-6-8-16(19-11-13)18(21)14-7-9-17(20)15(10-14)12-24(2,22)23/h7,9-10,13,16,18-21H,3-6,8,11-12H2,1-2H3. The van der Waals surface area contributed by atoms with E-state index in [1.54, 1.807) is 12.1 Å². The van der Waals surface area contributed by atoms with Gasteiger partial charge in [0.15, 0.2) is 9.84 Å². The molecule has 1 heterocycles. The van der Waals surface area contributed by atoms with E-state index in [-0.39, 0.29) is 17.5 Å². The van der Waals surface area contributed by atoms with E-state index in [2.05, 4.69) is 12.2 Å². The number of piperidine rings is 1. The number of nitrogens with one attached hydrogen (secondary N) is 1. The molecule has 0 bridgehead atoms. The third kappa shape index (κ3) is 5.46. The van der Waals surface area contributed by atoms with Crippen molar-refractivity contribution in [1.29, 1.82) is 0 Å². The number of aliphatic hydroxyl groups is 1. The molecule has 1 saturated heterocycles. The highest BCUT2D eigenvalue weighted by Gasteiger charge is 2.27. The Morgan fingerprint density at radius 2 is 2.08 bits per heavy atom. The minimum Gasteiger partial charge on any atom is -0.508 e. The molecule has 1 aliphatic rings. The third-order valence-corrected chi connectivity index (χ3v) is 5.60. The molecule has 2 rings (SSSR count). The molecule has 0 spiro atoms. The van der Waals surface area contributed by atoms with Crippen molar-refractivity contribution in [3.63, 3.8) is 0 Å². The van der Waals surface area contributed by atoms with Gasteiger partial charge < -0.3 is 15.5 Å². The molecular weight excluding hydrogens is 326 g/mol. The quantitative estimate of drug-likeness (QED) is 0.700. The second kappa shape index (κ2) is 8.32. The molecule has 0 aromatic heterocycles. The van der Waals surface area contributed by atoms with Gasteiger partial charge in [0.05, 0.1) is 11.9 Å². The first kappa shape index (κ1) is 19.2. The predicted octanol–water partition coefficient (Wildman–Crippen LogP) is 2.53. The number of phenols is 1. The monoisotopic (exact) mass is 355 g/mol. The van der Waals surface area contributed by atoms with Crippen LogP contribution in [0.4, 0.5) is 0 Å². The van der Waals surface area contributed by atoms with Crippen molar-refractivity contribution in [2.75, 3.05) is 12.8 Å². The topological polar surface area (TPSA) is 86.6 Å². The second-order valence-electron chi connectivity index (χ2n) is 7.00. The molecule has 0 amide bonds. The Balaban J connectivity index is 2.02. The van der Waals surface area contributed by atoms with E-state index in [0.717, 1.165) is 25.6 Å². The highest BCUT2D eigenvalue weighted by atomic mass is 32.2. The summed E-state index contributed by atoms with van der Waals surface area (Å²) in [6.45, 7) is 3.11. The van der Waals surface area contributed by atoms with Gasteiger partial charge >= 0.3 is 0 Å². The van der Waals surface area contributed by atoms with Gasteiger partial charge in [-0.05, 0) is 49.4 Å². The molecule has 1 fully saturated rings. The largest absolute Gasteiger partial charge is 0.508 e. The SMILES string of the molecule is CCCCC1CCC(C(O)c2ccc(O)c(CS(C)(=O)=O)c2)NC1. The van der Waals surface area contributed by atoms with Crippen molar-refractivity contribution in [2.45, 2.75) is 56.9 Å². The van der Waals surface area contributed by atoms with Crippen LogP contribution in [0, 0.1) is 5.92 Å². The van der Waals surface area contributed by atoms with Crippen LogP contribution >= 0.6 is 0 Å². The minimum absolute atomic E-state index is 0.0292. The number of unbranched alkanes of at least 4 members (excludes halogenated alkanes) is 1. The van der Waals surface area contributed by atoms with Crippen LogP contribution in [-0.2, 0) is 15.6 Å². The first-order valence-corrected chi connectivity index (χ1v) is 10.8. The molecule has 3 atom stereocenters. The maximum Gasteiger partial charge on any atom is 0.151 e. The predicted molar refractivity (Wildman–Crippen MR) is 95.7 cm³/mol. The van der Waals surface area contributed by atoms with Crippen LogP contribution in [0.3, 0.4) is 0 Å². The lowest BCUT2D eigenvalue weighted by Gasteiger charge is -2.33. The number of aromatic hydroxyl groups is 1. The summed E-state index contributed by atoms with van der Waals surface area (Å²) in [5.74, 6) is 0.401. The normalized spacial score (nSPS) is 23.1. The zero-order valence-electron chi connectivity index (χ0n) is 14.5. The van der Waals surface area contributed by atoms with Crippen molar-refractivity contribution >= 4 is 9.84 Å². The molecule has 0 radical (unpaired) electrons. The van der Waals surface area contributed by atoms with Gasteiger partial charge in [0, 0.05) is 17.9 Å². The lowest BCUT2D eigenvalue weighted by molar-refractivity contribution is 0.101. The van der Waals surface area contributed by atoms with Gasteiger partial charge in [0.1, 0.15) is 5.75 Å². The Hall–Kier alpha value is -1.11. The molecule has 1 aliphatic heterocycles. The molecule has 136 valence electrons. The third-order valence-electron chi connectivity index (χ3n) is 4.76. The summed E-state index contributed by atoms with van der Waals surface area (Å²) in [7, 11) is -3.24. The lowest BCUT2D eigenvalue weighted by Crippen LogP contribution is -2.42. The van der Waals surface area contributed by atoms with E-state index < -0.39 is 15.9 Å². The zero-order valence-corrected chi connectivity index (χ0v) is 15.3. The molecule has 3 unspecified atom stereocenters. The summed E-state index contributed by atoms with van der Waals surface area (Å²) in [5, 5.41) is 23.9. The number of benzene rings is 1. The molecule has 3 N–H and O–H groups in total. The van der Waals surface area contributed by atoms with Crippen LogP contribution in [-0.4, -0.2) is 37.5 Å². The fourth-order valence-electron chi connectivity index (χ4n) is 3.37. The first-order chi connectivity index (χ1) is 11.3. The smallest absolute Gasteiger partial charge is 0.151 e. The van der Waals surface area contributed by atoms with Crippen molar-refractivity contribution in [1.82, 2.24) is 5.32 Å². The number of hydrogen-bond acceptors (Lipinski definition) is 5.